The Hall–Kier alpha value is -4.30. The summed E-state index contributed by atoms with van der Waals surface area (Å²) in [6, 6.07) is 11.8. The minimum atomic E-state index is -5.08. The molecule has 1 saturated heterocycles. The van der Waals surface area contributed by atoms with E-state index < -0.39 is 12.1 Å². The van der Waals surface area contributed by atoms with Gasteiger partial charge in [0.25, 0.3) is 5.91 Å². The summed E-state index contributed by atoms with van der Waals surface area (Å²) in [6.45, 7) is 5.23. The second kappa shape index (κ2) is 14.2. The maximum Gasteiger partial charge on any atom is 0.490 e. The maximum atomic E-state index is 12.9. The largest absolute Gasteiger partial charge is 0.490 e. The molecule has 1 amide bonds. The van der Waals surface area contributed by atoms with Gasteiger partial charge in [0.1, 0.15) is 5.82 Å². The van der Waals surface area contributed by atoms with Gasteiger partial charge >= 0.3 is 12.1 Å². The molecular weight excluding hydrogens is 567 g/mol. The Bertz CT molecular complexity index is 1400. The van der Waals surface area contributed by atoms with Crippen LogP contribution in [0.1, 0.15) is 22.3 Å². The van der Waals surface area contributed by atoms with Crippen molar-refractivity contribution < 1.29 is 32.6 Å². The predicted octanol–water partition coefficient (Wildman–Crippen LogP) is 3.38. The van der Waals surface area contributed by atoms with E-state index in [-0.39, 0.29) is 5.91 Å². The number of morpholine rings is 1. The number of carbonyl (C=O) groups is 2. The van der Waals surface area contributed by atoms with Crippen molar-refractivity contribution in [3.63, 3.8) is 0 Å². The fourth-order valence-electron chi connectivity index (χ4n) is 4.67. The number of aliphatic carboxylic acids is 1. The minimum absolute atomic E-state index is 0.0619. The molecule has 11 nitrogen and oxygen atoms in total. The third-order valence-corrected chi connectivity index (χ3v) is 6.79. The van der Waals surface area contributed by atoms with E-state index in [1.54, 1.807) is 12.4 Å². The number of alkyl halides is 3. The number of carboxylic acid groups (broad SMARTS) is 1. The van der Waals surface area contributed by atoms with E-state index in [1.165, 1.54) is 0 Å². The number of nitrogens with zero attached hydrogens (tertiary/aromatic N) is 6. The van der Waals surface area contributed by atoms with Gasteiger partial charge in [0, 0.05) is 61.0 Å². The zero-order valence-electron chi connectivity index (χ0n) is 24.0. The van der Waals surface area contributed by atoms with Gasteiger partial charge in [-0.25, -0.2) is 9.78 Å². The summed E-state index contributed by atoms with van der Waals surface area (Å²) >= 11 is 0. The van der Waals surface area contributed by atoms with Crippen LogP contribution in [0, 0.1) is 0 Å². The van der Waals surface area contributed by atoms with Gasteiger partial charge < -0.3 is 29.9 Å². The summed E-state index contributed by atoms with van der Waals surface area (Å²) in [7, 11) is 4.07. The number of halogens is 3. The third-order valence-electron chi connectivity index (χ3n) is 6.79. The molecule has 2 aliphatic rings. The van der Waals surface area contributed by atoms with Crippen LogP contribution in [0.5, 0.6) is 0 Å². The number of nitrogens with one attached hydrogen (secondary N) is 1. The Morgan fingerprint density at radius 1 is 1.07 bits per heavy atom. The summed E-state index contributed by atoms with van der Waals surface area (Å²) < 4.78 is 37.3. The van der Waals surface area contributed by atoms with E-state index in [9.17, 15) is 18.0 Å². The van der Waals surface area contributed by atoms with Crippen LogP contribution in [0.3, 0.4) is 0 Å². The molecule has 5 rings (SSSR count). The van der Waals surface area contributed by atoms with Gasteiger partial charge in [-0.3, -0.25) is 9.78 Å². The van der Waals surface area contributed by atoms with Crippen LogP contribution in [0.2, 0.25) is 0 Å². The van der Waals surface area contributed by atoms with Crippen molar-refractivity contribution in [2.75, 3.05) is 69.8 Å². The van der Waals surface area contributed by atoms with E-state index in [0.717, 1.165) is 67.3 Å². The Kier molecular flexibility index (Phi) is 10.5. The molecule has 0 spiro atoms. The van der Waals surface area contributed by atoms with Gasteiger partial charge in [-0.05, 0) is 57.7 Å². The number of benzene rings is 1. The summed E-state index contributed by atoms with van der Waals surface area (Å²) in [5, 5.41) is 10.2. The van der Waals surface area contributed by atoms with Crippen LogP contribution in [-0.2, 0) is 16.0 Å². The molecule has 0 atom stereocenters. The van der Waals surface area contributed by atoms with Gasteiger partial charge in [0.05, 0.1) is 18.9 Å². The predicted molar refractivity (Wildman–Crippen MR) is 155 cm³/mol. The topological polar surface area (TPSA) is 124 Å². The van der Waals surface area contributed by atoms with Crippen molar-refractivity contribution in [3.05, 3.63) is 59.9 Å². The van der Waals surface area contributed by atoms with E-state index >= 15 is 0 Å². The minimum Gasteiger partial charge on any atom is -0.475 e. The molecule has 14 heteroatoms. The molecular formula is C29H34F3N7O4. The summed E-state index contributed by atoms with van der Waals surface area (Å²) in [5.41, 5.74) is 4.63. The summed E-state index contributed by atoms with van der Waals surface area (Å²) in [5.74, 6) is -1.20. The number of amides is 1. The third kappa shape index (κ3) is 8.38. The lowest BCUT2D eigenvalue weighted by atomic mass is 10.0. The number of fused-ring (bicyclic) bond motifs is 1. The highest BCUT2D eigenvalue weighted by atomic mass is 19.4. The molecule has 2 aliphatic heterocycles. The summed E-state index contributed by atoms with van der Waals surface area (Å²) in [4.78, 5) is 42.5. The molecule has 0 saturated carbocycles. The highest BCUT2D eigenvalue weighted by molar-refractivity contribution is 5.95. The fraction of sp³-hybridized carbons (Fsp3) is 0.414. The highest BCUT2D eigenvalue weighted by Crippen LogP contribution is 2.39. The van der Waals surface area contributed by atoms with E-state index in [4.69, 9.17) is 24.6 Å². The van der Waals surface area contributed by atoms with Gasteiger partial charge in [0.15, 0.2) is 0 Å². The van der Waals surface area contributed by atoms with Crippen LogP contribution in [0.4, 0.5) is 30.6 Å². The second-order valence-corrected chi connectivity index (χ2v) is 10.2. The molecule has 2 aromatic heterocycles. The molecule has 2 N–H and O–H groups in total. The molecule has 0 unspecified atom stereocenters. The van der Waals surface area contributed by atoms with Crippen LogP contribution in [0.15, 0.2) is 48.8 Å². The van der Waals surface area contributed by atoms with Gasteiger partial charge in [0.2, 0.25) is 5.95 Å². The van der Waals surface area contributed by atoms with Crippen LogP contribution >= 0.6 is 0 Å². The van der Waals surface area contributed by atoms with Crippen molar-refractivity contribution >= 4 is 29.3 Å². The molecule has 1 fully saturated rings. The van der Waals surface area contributed by atoms with Crippen LogP contribution in [-0.4, -0.2) is 103 Å². The molecule has 230 valence electrons. The quantitative estimate of drug-likeness (QED) is 0.372. The number of carbonyl (C=O) groups excluding carboxylic acids is 1. The Labute approximate surface area is 247 Å². The number of carboxylic acids is 1. The molecule has 43 heavy (non-hydrogen) atoms. The summed E-state index contributed by atoms with van der Waals surface area (Å²) in [6.07, 6.45) is 0.265. The SMILES string of the molecule is CN(C)CCCNC(=O)c1cccc(-c2nc(N3CCOCC3)nc3c2CCN3c2ccncc2)c1.O=C(O)C(F)(F)F. The Morgan fingerprint density at radius 3 is 2.42 bits per heavy atom. The van der Waals surface area contributed by atoms with Crippen molar-refractivity contribution in [2.45, 2.75) is 19.0 Å². The lowest BCUT2D eigenvalue weighted by Crippen LogP contribution is -2.37. The van der Waals surface area contributed by atoms with Gasteiger partial charge in [-0.1, -0.05) is 12.1 Å². The smallest absolute Gasteiger partial charge is 0.475 e. The zero-order valence-corrected chi connectivity index (χ0v) is 24.0. The first kappa shape index (κ1) is 31.6. The van der Waals surface area contributed by atoms with Crippen LogP contribution in [0.25, 0.3) is 11.3 Å². The normalized spacial score (nSPS) is 14.7. The number of aromatic nitrogens is 3. The first-order valence-corrected chi connectivity index (χ1v) is 13.8. The average molecular weight is 602 g/mol. The Balaban J connectivity index is 0.000000541. The van der Waals surface area contributed by atoms with Gasteiger partial charge in [-0.15, -0.1) is 0 Å². The molecule has 1 aromatic carbocycles. The molecule has 0 radical (unpaired) electrons. The zero-order chi connectivity index (χ0) is 31.0. The van der Waals surface area contributed by atoms with Crippen molar-refractivity contribution in [2.24, 2.45) is 0 Å². The van der Waals surface area contributed by atoms with Crippen LogP contribution < -0.4 is 15.1 Å². The lowest BCUT2D eigenvalue weighted by Gasteiger charge is -2.28. The number of rotatable bonds is 8. The average Bonchev–Trinajstić information content (AvgIpc) is 3.43. The number of hydrogen-bond donors (Lipinski definition) is 2. The molecule has 4 heterocycles. The number of pyridine rings is 1. The van der Waals surface area contributed by atoms with Crippen molar-refractivity contribution in [1.82, 2.24) is 25.2 Å². The number of anilines is 3. The van der Waals surface area contributed by atoms with Crippen molar-refractivity contribution in [3.8, 4) is 11.3 Å². The second-order valence-electron chi connectivity index (χ2n) is 10.2. The monoisotopic (exact) mass is 601 g/mol. The molecule has 0 aliphatic carbocycles. The number of ether oxygens (including phenoxy) is 1. The fourth-order valence-corrected chi connectivity index (χ4v) is 4.67. The van der Waals surface area contributed by atoms with Crippen molar-refractivity contribution in [1.29, 1.82) is 0 Å². The van der Waals surface area contributed by atoms with Gasteiger partial charge in [-0.2, -0.15) is 18.2 Å². The lowest BCUT2D eigenvalue weighted by molar-refractivity contribution is -0.192. The maximum absolute atomic E-state index is 12.9. The van der Waals surface area contributed by atoms with E-state index in [0.29, 0.717) is 31.3 Å². The highest BCUT2D eigenvalue weighted by Gasteiger charge is 2.38. The number of hydrogen-bond acceptors (Lipinski definition) is 9. The standard InChI is InChI=1S/C27H33N7O2.C2HF3O2/c1-32(2)13-4-10-29-26(35)21-6-3-5-20(19-21)24-23-9-14-34(22-7-11-28-12-8-22)25(23)31-27(30-24)33-15-17-36-18-16-33;3-2(4,5)1(6)7/h3,5-8,11-12,19H,4,9-10,13-18H2,1-2H3,(H,29,35);(H,6,7). The van der Waals surface area contributed by atoms with E-state index in [2.05, 4.69) is 25.0 Å². The molecule has 3 aromatic rings. The first-order valence-electron chi connectivity index (χ1n) is 13.8. The molecule has 0 bridgehead atoms. The Morgan fingerprint density at radius 2 is 1.77 bits per heavy atom. The van der Waals surface area contributed by atoms with E-state index in [1.807, 2.05) is 50.5 Å². The first-order chi connectivity index (χ1) is 20.5.